The molecule has 0 bridgehead atoms. The number of carbonyl (C=O) groups is 1. The van der Waals surface area contributed by atoms with Crippen LogP contribution >= 0.6 is 0 Å². The monoisotopic (exact) mass is 298 g/mol. The molecule has 0 aliphatic rings. The molecule has 112 valence electrons. The number of hydrogen-bond acceptors (Lipinski definition) is 3. The third-order valence-corrected chi connectivity index (χ3v) is 2.81. The maximum atomic E-state index is 12.4. The fourth-order valence-electron chi connectivity index (χ4n) is 1.75. The van der Waals surface area contributed by atoms with Crippen molar-refractivity contribution in [2.75, 3.05) is 6.54 Å². The van der Waals surface area contributed by atoms with E-state index >= 15 is 0 Å². The van der Waals surface area contributed by atoms with Crippen molar-refractivity contribution in [2.45, 2.75) is 19.5 Å². The molecule has 1 aromatic heterocycles. The summed E-state index contributed by atoms with van der Waals surface area (Å²) in [5.74, 6) is 0.209. The maximum absolute atomic E-state index is 12.4. The summed E-state index contributed by atoms with van der Waals surface area (Å²) in [5.41, 5.74) is 0.145. The average Bonchev–Trinajstić information content (AvgIpc) is 2.83. The van der Waals surface area contributed by atoms with Crippen LogP contribution in [-0.4, -0.2) is 17.6 Å². The second-order valence-electron chi connectivity index (χ2n) is 4.52. The SMILES string of the molecule is Cc1cc(CCNC(=O)c2ccc(C(F)(F)F)cc2)on1. The Labute approximate surface area is 118 Å². The molecule has 2 rings (SSSR count). The summed E-state index contributed by atoms with van der Waals surface area (Å²) in [6.45, 7) is 2.10. The van der Waals surface area contributed by atoms with E-state index in [-0.39, 0.29) is 5.56 Å². The van der Waals surface area contributed by atoms with Gasteiger partial charge in [0.1, 0.15) is 5.76 Å². The number of aromatic nitrogens is 1. The molecule has 21 heavy (non-hydrogen) atoms. The first kappa shape index (κ1) is 15.1. The van der Waals surface area contributed by atoms with Crippen LogP contribution in [0.25, 0.3) is 0 Å². The Morgan fingerprint density at radius 2 is 1.95 bits per heavy atom. The Bertz CT molecular complexity index is 618. The lowest BCUT2D eigenvalue weighted by Crippen LogP contribution is -2.25. The Morgan fingerprint density at radius 3 is 2.48 bits per heavy atom. The highest BCUT2D eigenvalue weighted by atomic mass is 19.4. The highest BCUT2D eigenvalue weighted by Crippen LogP contribution is 2.29. The van der Waals surface area contributed by atoms with Gasteiger partial charge >= 0.3 is 6.18 Å². The summed E-state index contributed by atoms with van der Waals surface area (Å²) in [6, 6.07) is 5.82. The summed E-state index contributed by atoms with van der Waals surface area (Å²) in [6.07, 6.45) is -3.94. The van der Waals surface area contributed by atoms with Crippen LogP contribution in [0.15, 0.2) is 34.9 Å². The molecule has 1 amide bonds. The van der Waals surface area contributed by atoms with Crippen LogP contribution in [0.3, 0.4) is 0 Å². The summed E-state index contributed by atoms with van der Waals surface area (Å²) in [5, 5.41) is 6.32. The number of amides is 1. The summed E-state index contributed by atoms with van der Waals surface area (Å²) in [7, 11) is 0. The zero-order chi connectivity index (χ0) is 15.5. The van der Waals surface area contributed by atoms with Crippen molar-refractivity contribution in [3.05, 3.63) is 52.9 Å². The van der Waals surface area contributed by atoms with Gasteiger partial charge in [-0.1, -0.05) is 5.16 Å². The van der Waals surface area contributed by atoms with Gasteiger partial charge in [0.15, 0.2) is 0 Å². The minimum Gasteiger partial charge on any atom is -0.361 e. The molecule has 0 aliphatic heterocycles. The van der Waals surface area contributed by atoms with E-state index in [2.05, 4.69) is 10.5 Å². The van der Waals surface area contributed by atoms with E-state index < -0.39 is 17.6 Å². The number of aryl methyl sites for hydroxylation is 1. The number of alkyl halides is 3. The molecule has 1 aromatic carbocycles. The third kappa shape index (κ3) is 4.08. The van der Waals surface area contributed by atoms with Crippen molar-refractivity contribution in [2.24, 2.45) is 0 Å². The summed E-state index contributed by atoms with van der Waals surface area (Å²) in [4.78, 5) is 11.8. The van der Waals surface area contributed by atoms with E-state index in [1.54, 1.807) is 13.0 Å². The summed E-state index contributed by atoms with van der Waals surface area (Å²) >= 11 is 0. The zero-order valence-corrected chi connectivity index (χ0v) is 11.2. The molecule has 1 heterocycles. The second kappa shape index (κ2) is 5.99. The number of nitrogens with zero attached hydrogens (tertiary/aromatic N) is 1. The van der Waals surface area contributed by atoms with Gasteiger partial charge in [-0.05, 0) is 31.2 Å². The number of halogens is 3. The van der Waals surface area contributed by atoms with Crippen LogP contribution in [-0.2, 0) is 12.6 Å². The number of rotatable bonds is 4. The standard InChI is InChI=1S/C14H13F3N2O2/c1-9-8-12(21-19-9)6-7-18-13(20)10-2-4-11(5-3-10)14(15,16)17/h2-5,8H,6-7H2,1H3,(H,18,20). The molecule has 0 unspecified atom stereocenters. The van der Waals surface area contributed by atoms with Crippen molar-refractivity contribution in [3.8, 4) is 0 Å². The number of hydrogen-bond donors (Lipinski definition) is 1. The first-order valence-corrected chi connectivity index (χ1v) is 6.24. The zero-order valence-electron chi connectivity index (χ0n) is 11.2. The number of nitrogens with one attached hydrogen (secondary N) is 1. The Kier molecular flexibility index (Phi) is 4.30. The van der Waals surface area contributed by atoms with E-state index in [0.717, 1.165) is 30.0 Å². The van der Waals surface area contributed by atoms with Gasteiger partial charge in [0.05, 0.1) is 11.3 Å². The Hall–Kier alpha value is -2.31. The van der Waals surface area contributed by atoms with Gasteiger partial charge in [-0.2, -0.15) is 13.2 Å². The van der Waals surface area contributed by atoms with Gasteiger partial charge < -0.3 is 9.84 Å². The lowest BCUT2D eigenvalue weighted by atomic mass is 10.1. The molecule has 2 aromatic rings. The number of benzene rings is 1. The van der Waals surface area contributed by atoms with Crippen molar-refractivity contribution >= 4 is 5.91 Å². The molecular weight excluding hydrogens is 285 g/mol. The minimum absolute atomic E-state index is 0.178. The first-order chi connectivity index (χ1) is 9.86. The van der Waals surface area contributed by atoms with Gasteiger partial charge in [0.25, 0.3) is 5.91 Å². The Morgan fingerprint density at radius 1 is 1.29 bits per heavy atom. The van der Waals surface area contributed by atoms with Gasteiger partial charge in [-0.15, -0.1) is 0 Å². The molecule has 4 nitrogen and oxygen atoms in total. The molecule has 0 radical (unpaired) electrons. The second-order valence-corrected chi connectivity index (χ2v) is 4.52. The topological polar surface area (TPSA) is 55.1 Å². The largest absolute Gasteiger partial charge is 0.416 e. The van der Waals surface area contributed by atoms with Gasteiger partial charge in [-0.3, -0.25) is 4.79 Å². The van der Waals surface area contributed by atoms with Gasteiger partial charge in [-0.25, -0.2) is 0 Å². The molecule has 0 atom stereocenters. The van der Waals surface area contributed by atoms with Crippen LogP contribution in [0.1, 0.15) is 27.4 Å². The predicted molar refractivity (Wildman–Crippen MR) is 68.7 cm³/mol. The maximum Gasteiger partial charge on any atom is 0.416 e. The molecule has 0 aliphatic carbocycles. The highest BCUT2D eigenvalue weighted by molar-refractivity contribution is 5.94. The molecule has 0 saturated carbocycles. The minimum atomic E-state index is -4.40. The van der Waals surface area contributed by atoms with Crippen molar-refractivity contribution in [3.63, 3.8) is 0 Å². The van der Waals surface area contributed by atoms with E-state index in [9.17, 15) is 18.0 Å². The summed E-state index contributed by atoms with van der Waals surface area (Å²) < 4.78 is 42.2. The molecular formula is C14H13F3N2O2. The van der Waals surface area contributed by atoms with Crippen LogP contribution in [0.2, 0.25) is 0 Å². The average molecular weight is 298 g/mol. The lowest BCUT2D eigenvalue weighted by Gasteiger charge is -2.08. The van der Waals surface area contributed by atoms with E-state index in [4.69, 9.17) is 4.52 Å². The highest BCUT2D eigenvalue weighted by Gasteiger charge is 2.30. The smallest absolute Gasteiger partial charge is 0.361 e. The van der Waals surface area contributed by atoms with Crippen molar-refractivity contribution in [1.82, 2.24) is 10.5 Å². The fourth-order valence-corrected chi connectivity index (χ4v) is 1.75. The van der Waals surface area contributed by atoms with Crippen molar-refractivity contribution < 1.29 is 22.5 Å². The quantitative estimate of drug-likeness (QED) is 0.944. The van der Waals surface area contributed by atoms with Crippen LogP contribution in [0.4, 0.5) is 13.2 Å². The van der Waals surface area contributed by atoms with E-state index in [0.29, 0.717) is 18.7 Å². The third-order valence-electron chi connectivity index (χ3n) is 2.81. The number of carbonyl (C=O) groups excluding carboxylic acids is 1. The van der Waals surface area contributed by atoms with Crippen LogP contribution < -0.4 is 5.32 Å². The van der Waals surface area contributed by atoms with E-state index in [1.807, 2.05) is 0 Å². The molecule has 0 spiro atoms. The molecule has 7 heteroatoms. The lowest BCUT2D eigenvalue weighted by molar-refractivity contribution is -0.137. The molecule has 0 saturated heterocycles. The molecule has 0 fully saturated rings. The van der Waals surface area contributed by atoms with Crippen molar-refractivity contribution in [1.29, 1.82) is 0 Å². The fraction of sp³-hybridized carbons (Fsp3) is 0.286. The normalized spacial score (nSPS) is 11.4. The van der Waals surface area contributed by atoms with E-state index in [1.165, 1.54) is 0 Å². The first-order valence-electron chi connectivity index (χ1n) is 6.24. The predicted octanol–water partition coefficient (Wildman–Crippen LogP) is 2.97. The molecule has 1 N–H and O–H groups in total. The van der Waals surface area contributed by atoms with Gasteiger partial charge in [0, 0.05) is 24.6 Å². The Balaban J connectivity index is 1.88. The van der Waals surface area contributed by atoms with Crippen LogP contribution in [0.5, 0.6) is 0 Å². The van der Waals surface area contributed by atoms with Gasteiger partial charge in [0.2, 0.25) is 0 Å². The van der Waals surface area contributed by atoms with Crippen LogP contribution in [0, 0.1) is 6.92 Å².